The van der Waals surface area contributed by atoms with Crippen LogP contribution in [0.5, 0.6) is 0 Å². The van der Waals surface area contributed by atoms with Gasteiger partial charge >= 0.3 is 0 Å². The number of thioether (sulfide) groups is 1. The largest absolute Gasteiger partial charge is 0.353 e. The maximum Gasteiger partial charge on any atom is 0.224 e. The van der Waals surface area contributed by atoms with Gasteiger partial charge < -0.3 is 10.6 Å². The molecule has 3 atom stereocenters. The van der Waals surface area contributed by atoms with Gasteiger partial charge in [-0.1, -0.05) is 0 Å². The molecule has 3 saturated heterocycles. The Kier molecular flexibility index (Phi) is 3.11. The van der Waals surface area contributed by atoms with E-state index in [1.165, 1.54) is 12.8 Å². The van der Waals surface area contributed by atoms with E-state index >= 15 is 0 Å². The third-order valence-corrected chi connectivity index (χ3v) is 5.28. The fraction of sp³-hybridized carbons (Fsp3) is 0.917. The van der Waals surface area contributed by atoms with Crippen molar-refractivity contribution in [3.8, 4) is 0 Å². The minimum absolute atomic E-state index is 0.289. The molecule has 0 aromatic carbocycles. The normalized spacial score (nSPS) is 42.2. The lowest BCUT2D eigenvalue weighted by Gasteiger charge is -2.30. The van der Waals surface area contributed by atoms with Crippen molar-refractivity contribution in [2.24, 2.45) is 5.92 Å². The molecule has 3 rings (SSSR count). The second-order valence-corrected chi connectivity index (χ2v) is 6.53. The van der Waals surface area contributed by atoms with Gasteiger partial charge in [-0.15, -0.1) is 0 Å². The van der Waals surface area contributed by atoms with Gasteiger partial charge in [0.1, 0.15) is 0 Å². The summed E-state index contributed by atoms with van der Waals surface area (Å²) in [6, 6.07) is 1.78. The Balaban J connectivity index is 1.52. The van der Waals surface area contributed by atoms with Crippen LogP contribution in [-0.4, -0.2) is 35.5 Å². The van der Waals surface area contributed by atoms with Crippen LogP contribution in [0.3, 0.4) is 0 Å². The number of hydrogen-bond donors (Lipinski definition) is 2. The lowest BCUT2D eigenvalue weighted by Crippen LogP contribution is -2.49. The number of rotatable bonds is 2. The molecule has 3 fully saturated rings. The van der Waals surface area contributed by atoms with Crippen molar-refractivity contribution in [2.75, 3.05) is 11.5 Å². The third kappa shape index (κ3) is 2.23. The van der Waals surface area contributed by atoms with Crippen LogP contribution < -0.4 is 10.6 Å². The highest BCUT2D eigenvalue weighted by Crippen LogP contribution is 2.28. The second-order valence-electron chi connectivity index (χ2n) is 5.38. The molecule has 4 heteroatoms. The molecular weight excluding hydrogens is 220 g/mol. The quantitative estimate of drug-likeness (QED) is 0.760. The second kappa shape index (κ2) is 4.57. The standard InChI is InChI=1S/C12H20N2OS/c15-12(8-3-4-16-7-8)14-11-5-9-1-2-10(6-11)13-9/h8-11,13H,1-7H2,(H,14,15). The minimum atomic E-state index is 0.289. The summed E-state index contributed by atoms with van der Waals surface area (Å²) >= 11 is 1.91. The van der Waals surface area contributed by atoms with Crippen molar-refractivity contribution in [1.82, 2.24) is 10.6 Å². The van der Waals surface area contributed by atoms with E-state index in [1.807, 2.05) is 11.8 Å². The van der Waals surface area contributed by atoms with Gasteiger partial charge in [0, 0.05) is 29.8 Å². The van der Waals surface area contributed by atoms with Gasteiger partial charge in [-0.25, -0.2) is 0 Å². The molecule has 0 radical (unpaired) electrons. The lowest BCUT2D eigenvalue weighted by molar-refractivity contribution is -0.125. The van der Waals surface area contributed by atoms with Crippen molar-refractivity contribution in [3.63, 3.8) is 0 Å². The Bertz CT molecular complexity index is 266. The Morgan fingerprint density at radius 2 is 1.94 bits per heavy atom. The highest BCUT2D eigenvalue weighted by Gasteiger charge is 2.35. The molecular formula is C12H20N2OS. The molecule has 0 aliphatic carbocycles. The van der Waals surface area contributed by atoms with E-state index in [0.29, 0.717) is 24.0 Å². The molecule has 0 aromatic heterocycles. The molecule has 3 heterocycles. The number of carbonyl (C=O) groups is 1. The SMILES string of the molecule is O=C(NC1CC2CCC(C1)N2)C1CCSC1. The summed E-state index contributed by atoms with van der Waals surface area (Å²) in [5, 5.41) is 6.88. The van der Waals surface area contributed by atoms with Crippen molar-refractivity contribution < 1.29 is 4.79 Å². The summed E-state index contributed by atoms with van der Waals surface area (Å²) in [4.78, 5) is 12.0. The van der Waals surface area contributed by atoms with Crippen LogP contribution in [0.4, 0.5) is 0 Å². The van der Waals surface area contributed by atoms with E-state index in [2.05, 4.69) is 10.6 Å². The lowest BCUT2D eigenvalue weighted by atomic mass is 9.98. The molecule has 0 saturated carbocycles. The molecule has 0 aromatic rings. The molecule has 0 spiro atoms. The molecule has 2 bridgehead atoms. The molecule has 2 N–H and O–H groups in total. The molecule has 3 nitrogen and oxygen atoms in total. The van der Waals surface area contributed by atoms with E-state index in [-0.39, 0.29) is 5.92 Å². The maximum absolute atomic E-state index is 12.0. The van der Waals surface area contributed by atoms with Crippen LogP contribution in [0.25, 0.3) is 0 Å². The summed E-state index contributed by atoms with van der Waals surface area (Å²) in [6.07, 6.45) is 5.96. The first-order valence-corrected chi connectivity index (χ1v) is 7.61. The van der Waals surface area contributed by atoms with Gasteiger partial charge in [-0.05, 0) is 37.9 Å². The monoisotopic (exact) mass is 240 g/mol. The smallest absolute Gasteiger partial charge is 0.224 e. The summed E-state index contributed by atoms with van der Waals surface area (Å²) in [5.41, 5.74) is 0. The van der Waals surface area contributed by atoms with Gasteiger partial charge in [0.25, 0.3) is 0 Å². The Morgan fingerprint density at radius 1 is 1.19 bits per heavy atom. The van der Waals surface area contributed by atoms with E-state index in [0.717, 1.165) is 30.8 Å². The van der Waals surface area contributed by atoms with Gasteiger partial charge in [-0.2, -0.15) is 11.8 Å². The van der Waals surface area contributed by atoms with Crippen molar-refractivity contribution in [3.05, 3.63) is 0 Å². The number of amides is 1. The average Bonchev–Trinajstić information content (AvgIpc) is 2.88. The van der Waals surface area contributed by atoms with Crippen LogP contribution in [0.2, 0.25) is 0 Å². The Morgan fingerprint density at radius 3 is 2.56 bits per heavy atom. The van der Waals surface area contributed by atoms with Crippen molar-refractivity contribution in [1.29, 1.82) is 0 Å². The number of hydrogen-bond acceptors (Lipinski definition) is 3. The zero-order valence-corrected chi connectivity index (χ0v) is 10.4. The number of carbonyl (C=O) groups excluding carboxylic acids is 1. The Labute approximate surface area is 101 Å². The average molecular weight is 240 g/mol. The van der Waals surface area contributed by atoms with Crippen molar-refractivity contribution in [2.45, 2.75) is 50.2 Å². The van der Waals surface area contributed by atoms with Gasteiger partial charge in [0.05, 0.1) is 0 Å². The summed E-state index contributed by atoms with van der Waals surface area (Å²) in [7, 11) is 0. The maximum atomic E-state index is 12.0. The summed E-state index contributed by atoms with van der Waals surface area (Å²) < 4.78 is 0. The molecule has 90 valence electrons. The van der Waals surface area contributed by atoms with E-state index < -0.39 is 0 Å². The van der Waals surface area contributed by atoms with E-state index in [1.54, 1.807) is 0 Å². The van der Waals surface area contributed by atoms with Gasteiger partial charge in [0.2, 0.25) is 5.91 Å². The third-order valence-electron chi connectivity index (χ3n) is 4.12. The first-order chi connectivity index (χ1) is 7.81. The summed E-state index contributed by atoms with van der Waals surface area (Å²) in [5.74, 6) is 2.80. The number of fused-ring (bicyclic) bond motifs is 2. The van der Waals surface area contributed by atoms with Crippen LogP contribution in [0.15, 0.2) is 0 Å². The zero-order valence-electron chi connectivity index (χ0n) is 9.58. The van der Waals surface area contributed by atoms with Gasteiger partial charge in [0.15, 0.2) is 0 Å². The fourth-order valence-corrected chi connectivity index (χ4v) is 4.46. The van der Waals surface area contributed by atoms with Crippen LogP contribution in [0, 0.1) is 5.92 Å². The van der Waals surface area contributed by atoms with E-state index in [4.69, 9.17) is 0 Å². The summed E-state index contributed by atoms with van der Waals surface area (Å²) in [6.45, 7) is 0. The molecule has 1 amide bonds. The number of piperidine rings is 1. The van der Waals surface area contributed by atoms with Gasteiger partial charge in [-0.3, -0.25) is 4.79 Å². The van der Waals surface area contributed by atoms with Crippen LogP contribution >= 0.6 is 11.8 Å². The first kappa shape index (κ1) is 10.9. The highest BCUT2D eigenvalue weighted by atomic mass is 32.2. The molecule has 3 unspecified atom stereocenters. The molecule has 16 heavy (non-hydrogen) atoms. The van der Waals surface area contributed by atoms with E-state index in [9.17, 15) is 4.79 Å². The van der Waals surface area contributed by atoms with Crippen LogP contribution in [0.1, 0.15) is 32.1 Å². The predicted octanol–water partition coefficient (Wildman–Crippen LogP) is 1.14. The predicted molar refractivity (Wildman–Crippen MR) is 66.5 cm³/mol. The Hall–Kier alpha value is -0.220. The van der Waals surface area contributed by atoms with Crippen LogP contribution in [-0.2, 0) is 4.79 Å². The number of nitrogens with one attached hydrogen (secondary N) is 2. The fourth-order valence-electron chi connectivity index (χ4n) is 3.24. The topological polar surface area (TPSA) is 41.1 Å². The highest BCUT2D eigenvalue weighted by molar-refractivity contribution is 7.99. The zero-order chi connectivity index (χ0) is 11.0. The molecule has 3 aliphatic heterocycles. The van der Waals surface area contributed by atoms with Crippen molar-refractivity contribution >= 4 is 17.7 Å². The minimum Gasteiger partial charge on any atom is -0.353 e. The molecule has 3 aliphatic rings. The first-order valence-electron chi connectivity index (χ1n) is 6.45.